The summed E-state index contributed by atoms with van der Waals surface area (Å²) in [7, 11) is 0. The van der Waals surface area contributed by atoms with E-state index < -0.39 is 0 Å². The highest BCUT2D eigenvalue weighted by Gasteiger charge is 2.58. The Bertz CT molecular complexity index is 1230. The molecular weight excluding hydrogens is 442 g/mol. The van der Waals surface area contributed by atoms with Crippen LogP contribution in [-0.4, -0.2) is 35.4 Å². The number of fused-ring (bicyclic) bond motifs is 1. The van der Waals surface area contributed by atoms with Crippen molar-refractivity contribution in [3.05, 3.63) is 108 Å². The Kier molecular flexibility index (Phi) is 6.37. The van der Waals surface area contributed by atoms with Gasteiger partial charge >= 0.3 is 0 Å². The largest absolute Gasteiger partial charge is 0.357 e. The molecule has 3 aromatic carbocycles. The zero-order valence-corrected chi connectivity index (χ0v) is 20.8. The quantitative estimate of drug-likeness (QED) is 0.322. The number of aromatic nitrogens is 1. The van der Waals surface area contributed by atoms with Crippen molar-refractivity contribution in [3.8, 4) is 0 Å². The van der Waals surface area contributed by atoms with Gasteiger partial charge in [0.25, 0.3) is 0 Å². The lowest BCUT2D eigenvalue weighted by atomic mass is 9.88. The third-order valence-electron chi connectivity index (χ3n) is 8.47. The van der Waals surface area contributed by atoms with Crippen molar-refractivity contribution in [2.75, 3.05) is 19.6 Å². The molecule has 4 nitrogen and oxygen atoms in total. The van der Waals surface area contributed by atoms with Crippen LogP contribution in [0.3, 0.4) is 0 Å². The number of hydrogen-bond donors (Lipinski definition) is 2. The first-order valence-electron chi connectivity index (χ1n) is 13.4. The highest BCUT2D eigenvalue weighted by atomic mass is 16.2. The van der Waals surface area contributed by atoms with Crippen LogP contribution < -0.4 is 5.32 Å². The molecule has 0 bridgehead atoms. The predicted molar refractivity (Wildman–Crippen MR) is 146 cm³/mol. The number of H-pyrrole nitrogens is 1. The van der Waals surface area contributed by atoms with Gasteiger partial charge in [-0.2, -0.15) is 0 Å². The van der Waals surface area contributed by atoms with Crippen molar-refractivity contribution >= 4 is 16.8 Å². The molecule has 4 heteroatoms. The number of carbonyl (C=O) groups excluding carboxylic acids is 1. The summed E-state index contributed by atoms with van der Waals surface area (Å²) in [6.07, 6.45) is 4.22. The average molecular weight is 478 g/mol. The van der Waals surface area contributed by atoms with Crippen molar-refractivity contribution in [1.82, 2.24) is 15.2 Å². The number of amides is 1. The van der Waals surface area contributed by atoms with Crippen LogP contribution in [0.5, 0.6) is 0 Å². The van der Waals surface area contributed by atoms with Gasteiger partial charge in [-0.3, -0.25) is 9.69 Å². The summed E-state index contributed by atoms with van der Waals surface area (Å²) >= 11 is 0. The van der Waals surface area contributed by atoms with E-state index in [9.17, 15) is 4.79 Å². The first-order chi connectivity index (χ1) is 17.7. The highest BCUT2D eigenvalue weighted by molar-refractivity contribution is 5.82. The van der Waals surface area contributed by atoms with Crippen molar-refractivity contribution in [1.29, 1.82) is 0 Å². The number of piperidine rings is 1. The number of likely N-dealkylation sites (tertiary alicyclic amines) is 1. The normalized spacial score (nSPS) is 19.1. The lowest BCUT2D eigenvalue weighted by molar-refractivity contribution is -0.123. The SMILES string of the molecule is O=C(NCCC(c1ccccc1)c1ccccc1)C1CC12CCN(Cc1cc3ccccc3[nH]1)CC2. The van der Waals surface area contributed by atoms with Gasteiger partial charge in [-0.15, -0.1) is 0 Å². The second-order valence-electron chi connectivity index (χ2n) is 10.7. The molecule has 4 aromatic rings. The van der Waals surface area contributed by atoms with E-state index in [2.05, 4.69) is 106 Å². The molecule has 36 heavy (non-hydrogen) atoms. The fourth-order valence-corrected chi connectivity index (χ4v) is 6.25. The molecule has 2 N–H and O–H groups in total. The fraction of sp³-hybridized carbons (Fsp3) is 0.344. The molecule has 2 fully saturated rings. The number of rotatable bonds is 8. The fourth-order valence-electron chi connectivity index (χ4n) is 6.25. The topological polar surface area (TPSA) is 48.1 Å². The summed E-state index contributed by atoms with van der Waals surface area (Å²) in [4.78, 5) is 19.2. The smallest absolute Gasteiger partial charge is 0.223 e. The zero-order chi connectivity index (χ0) is 24.4. The summed E-state index contributed by atoms with van der Waals surface area (Å²) in [6, 6.07) is 32.0. The van der Waals surface area contributed by atoms with E-state index in [4.69, 9.17) is 0 Å². The van der Waals surface area contributed by atoms with E-state index in [0.29, 0.717) is 12.5 Å². The highest BCUT2D eigenvalue weighted by Crippen LogP contribution is 2.59. The average Bonchev–Trinajstić information content (AvgIpc) is 3.47. The molecule has 2 aliphatic rings. The minimum absolute atomic E-state index is 0.194. The molecule has 2 heterocycles. The molecule has 1 unspecified atom stereocenters. The van der Waals surface area contributed by atoms with E-state index in [1.807, 2.05) is 0 Å². The molecule has 1 aliphatic heterocycles. The predicted octanol–water partition coefficient (Wildman–Crippen LogP) is 6.11. The van der Waals surface area contributed by atoms with Crippen LogP contribution >= 0.6 is 0 Å². The Morgan fingerprint density at radius 2 is 1.56 bits per heavy atom. The number of nitrogens with zero attached hydrogens (tertiary/aromatic N) is 1. The van der Waals surface area contributed by atoms with Gasteiger partial charge in [0.2, 0.25) is 5.91 Å². The van der Waals surface area contributed by atoms with E-state index in [-0.39, 0.29) is 17.2 Å². The Balaban J connectivity index is 1.000. The van der Waals surface area contributed by atoms with Crippen LogP contribution in [0.2, 0.25) is 0 Å². The Morgan fingerprint density at radius 3 is 2.22 bits per heavy atom. The Labute approximate surface area is 213 Å². The van der Waals surface area contributed by atoms with Gasteiger partial charge in [-0.25, -0.2) is 0 Å². The first-order valence-corrected chi connectivity index (χ1v) is 13.4. The van der Waals surface area contributed by atoms with Crippen molar-refractivity contribution in [2.45, 2.75) is 38.1 Å². The van der Waals surface area contributed by atoms with E-state index >= 15 is 0 Å². The monoisotopic (exact) mass is 477 g/mol. The van der Waals surface area contributed by atoms with E-state index in [1.54, 1.807) is 0 Å². The number of carbonyl (C=O) groups is 1. The maximum Gasteiger partial charge on any atom is 0.223 e. The molecule has 6 rings (SSSR count). The Morgan fingerprint density at radius 1 is 0.917 bits per heavy atom. The molecule has 1 atom stereocenters. The van der Waals surface area contributed by atoms with Crippen LogP contribution in [0.15, 0.2) is 91.0 Å². The molecule has 1 saturated carbocycles. The number of para-hydroxylation sites is 1. The number of benzene rings is 3. The maximum atomic E-state index is 13.1. The number of hydrogen-bond acceptors (Lipinski definition) is 2. The minimum Gasteiger partial charge on any atom is -0.357 e. The van der Waals surface area contributed by atoms with Crippen LogP contribution in [0, 0.1) is 11.3 Å². The molecule has 1 saturated heterocycles. The molecule has 1 spiro atoms. The number of nitrogens with one attached hydrogen (secondary N) is 2. The van der Waals surface area contributed by atoms with Crippen LogP contribution in [0.1, 0.15) is 48.4 Å². The summed E-state index contributed by atoms with van der Waals surface area (Å²) in [5.74, 6) is 0.757. The molecule has 184 valence electrons. The summed E-state index contributed by atoms with van der Waals surface area (Å²) in [5.41, 5.74) is 5.34. The standard InChI is InChI=1S/C32H35N3O/c36-31(33-18-15-28(24-9-3-1-4-10-24)25-11-5-2-6-12-25)29-22-32(29)16-19-35(20-17-32)23-27-21-26-13-7-8-14-30(26)34-27/h1-14,21,28-29,34H,15-20,22-23H2,(H,33,36). The van der Waals surface area contributed by atoms with Gasteiger partial charge in [-0.1, -0.05) is 78.9 Å². The molecular formula is C32H35N3O. The van der Waals surface area contributed by atoms with E-state index in [0.717, 1.165) is 45.3 Å². The van der Waals surface area contributed by atoms with Crippen LogP contribution in [0.4, 0.5) is 0 Å². The molecule has 1 aliphatic carbocycles. The van der Waals surface area contributed by atoms with Crippen molar-refractivity contribution in [3.63, 3.8) is 0 Å². The third kappa shape index (κ3) is 4.83. The second kappa shape index (κ2) is 9.94. The first kappa shape index (κ1) is 23.1. The van der Waals surface area contributed by atoms with Gasteiger partial charge in [0, 0.05) is 36.1 Å². The molecule has 0 radical (unpaired) electrons. The maximum absolute atomic E-state index is 13.1. The second-order valence-corrected chi connectivity index (χ2v) is 10.7. The van der Waals surface area contributed by atoms with Crippen LogP contribution in [-0.2, 0) is 11.3 Å². The van der Waals surface area contributed by atoms with E-state index in [1.165, 1.54) is 27.7 Å². The summed E-state index contributed by atoms with van der Waals surface area (Å²) < 4.78 is 0. The summed E-state index contributed by atoms with van der Waals surface area (Å²) in [5, 5.41) is 4.57. The summed E-state index contributed by atoms with van der Waals surface area (Å²) in [6.45, 7) is 3.82. The molecule has 1 aromatic heterocycles. The lowest BCUT2D eigenvalue weighted by Gasteiger charge is -2.32. The third-order valence-corrected chi connectivity index (χ3v) is 8.47. The van der Waals surface area contributed by atoms with Crippen molar-refractivity contribution < 1.29 is 4.79 Å². The zero-order valence-electron chi connectivity index (χ0n) is 20.8. The van der Waals surface area contributed by atoms with Gasteiger partial charge in [0.15, 0.2) is 0 Å². The lowest BCUT2D eigenvalue weighted by Crippen LogP contribution is -2.37. The Hall–Kier alpha value is -3.37. The van der Waals surface area contributed by atoms with Gasteiger partial charge in [-0.05, 0) is 72.8 Å². The van der Waals surface area contributed by atoms with Crippen LogP contribution in [0.25, 0.3) is 10.9 Å². The number of aromatic amines is 1. The van der Waals surface area contributed by atoms with Gasteiger partial charge < -0.3 is 10.3 Å². The minimum atomic E-state index is 0.194. The van der Waals surface area contributed by atoms with Crippen molar-refractivity contribution in [2.24, 2.45) is 11.3 Å². The van der Waals surface area contributed by atoms with Gasteiger partial charge in [0.1, 0.15) is 0 Å². The molecule has 1 amide bonds. The van der Waals surface area contributed by atoms with Gasteiger partial charge in [0.05, 0.1) is 0 Å².